The number of benzene rings is 2. The molecule has 0 aromatic heterocycles. The van der Waals surface area contributed by atoms with Gasteiger partial charge in [-0.25, -0.2) is 4.39 Å². The molecule has 0 saturated heterocycles. The van der Waals surface area contributed by atoms with Gasteiger partial charge in [-0.3, -0.25) is 4.79 Å². The third-order valence-electron chi connectivity index (χ3n) is 3.55. The molecule has 0 spiro atoms. The lowest BCUT2D eigenvalue weighted by Crippen LogP contribution is -2.36. The molecule has 0 aliphatic carbocycles. The van der Waals surface area contributed by atoms with E-state index >= 15 is 0 Å². The minimum Gasteiger partial charge on any atom is -0.328 e. The lowest BCUT2D eigenvalue weighted by atomic mass is 10.0. The topological polar surface area (TPSA) is 58.4 Å². The van der Waals surface area contributed by atoms with Crippen LogP contribution in [0.25, 0.3) is 0 Å². The summed E-state index contributed by atoms with van der Waals surface area (Å²) in [4.78, 5) is 13.6. The number of nitrogens with two attached hydrogens (primary N) is 1. The SMILES string of the molecule is CC(N)c1cccc(F)c1N1CC(=O)Nc2ccccc21. The molecule has 3 rings (SSSR count). The normalized spacial score (nSPS) is 15.4. The van der Waals surface area contributed by atoms with Crippen LogP contribution in [0.5, 0.6) is 0 Å². The molecule has 1 aliphatic rings. The van der Waals surface area contributed by atoms with Crippen molar-refractivity contribution in [2.45, 2.75) is 13.0 Å². The van der Waals surface area contributed by atoms with Crippen molar-refractivity contribution in [3.05, 3.63) is 53.8 Å². The first-order valence-corrected chi connectivity index (χ1v) is 6.78. The highest BCUT2D eigenvalue weighted by molar-refractivity contribution is 6.03. The molecule has 2 aromatic carbocycles. The van der Waals surface area contributed by atoms with Crippen molar-refractivity contribution < 1.29 is 9.18 Å². The van der Waals surface area contributed by atoms with Gasteiger partial charge in [-0.15, -0.1) is 0 Å². The number of halogens is 1. The van der Waals surface area contributed by atoms with Crippen LogP contribution in [0.15, 0.2) is 42.5 Å². The molecule has 1 atom stereocenters. The van der Waals surface area contributed by atoms with E-state index in [1.807, 2.05) is 18.2 Å². The number of fused-ring (bicyclic) bond motifs is 1. The molecule has 0 radical (unpaired) electrons. The van der Waals surface area contributed by atoms with Crippen molar-refractivity contribution in [2.24, 2.45) is 5.73 Å². The number of rotatable bonds is 2. The molecule has 1 amide bonds. The molecule has 4 nitrogen and oxygen atoms in total. The first kappa shape index (κ1) is 13.6. The Labute approximate surface area is 122 Å². The molecule has 5 heteroatoms. The third kappa shape index (κ3) is 2.36. The van der Waals surface area contributed by atoms with Gasteiger partial charge in [-0.05, 0) is 30.7 Å². The van der Waals surface area contributed by atoms with Gasteiger partial charge >= 0.3 is 0 Å². The number of nitrogens with one attached hydrogen (secondary N) is 1. The number of nitrogens with zero attached hydrogens (tertiary/aromatic N) is 1. The van der Waals surface area contributed by atoms with Crippen LogP contribution in [-0.2, 0) is 4.79 Å². The van der Waals surface area contributed by atoms with Crippen LogP contribution in [-0.4, -0.2) is 12.5 Å². The molecular weight excluding hydrogens is 269 g/mol. The van der Waals surface area contributed by atoms with Crippen LogP contribution >= 0.6 is 0 Å². The van der Waals surface area contributed by atoms with Gasteiger partial charge in [0.05, 0.1) is 17.1 Å². The molecular formula is C16H16FN3O. The highest BCUT2D eigenvalue weighted by Crippen LogP contribution is 2.39. The van der Waals surface area contributed by atoms with Gasteiger partial charge in [0.1, 0.15) is 12.4 Å². The standard InChI is InChI=1S/C16H16FN3O/c1-10(18)11-5-4-6-12(17)16(11)20-9-15(21)19-13-7-2-3-8-14(13)20/h2-8,10H,9,18H2,1H3,(H,19,21). The summed E-state index contributed by atoms with van der Waals surface area (Å²) < 4.78 is 14.4. The number of carbonyl (C=O) groups is 1. The summed E-state index contributed by atoms with van der Waals surface area (Å²) >= 11 is 0. The van der Waals surface area contributed by atoms with Gasteiger partial charge < -0.3 is 16.0 Å². The lowest BCUT2D eigenvalue weighted by Gasteiger charge is -2.33. The summed E-state index contributed by atoms with van der Waals surface area (Å²) in [6.45, 7) is 1.87. The summed E-state index contributed by atoms with van der Waals surface area (Å²) in [6.07, 6.45) is 0. The Morgan fingerprint density at radius 3 is 2.76 bits per heavy atom. The summed E-state index contributed by atoms with van der Waals surface area (Å²) in [5, 5.41) is 2.79. The van der Waals surface area contributed by atoms with Crippen molar-refractivity contribution in [3.63, 3.8) is 0 Å². The molecule has 0 fully saturated rings. The zero-order valence-corrected chi connectivity index (χ0v) is 11.6. The van der Waals surface area contributed by atoms with E-state index in [9.17, 15) is 9.18 Å². The van der Waals surface area contributed by atoms with Crippen molar-refractivity contribution >= 4 is 23.0 Å². The van der Waals surface area contributed by atoms with E-state index in [0.717, 1.165) is 5.69 Å². The van der Waals surface area contributed by atoms with E-state index in [1.54, 1.807) is 30.0 Å². The van der Waals surface area contributed by atoms with Crippen LogP contribution in [0.1, 0.15) is 18.5 Å². The number of hydrogen-bond donors (Lipinski definition) is 2. The Morgan fingerprint density at radius 2 is 2.00 bits per heavy atom. The highest BCUT2D eigenvalue weighted by atomic mass is 19.1. The van der Waals surface area contributed by atoms with E-state index < -0.39 is 0 Å². The zero-order valence-electron chi connectivity index (χ0n) is 11.6. The number of carbonyl (C=O) groups excluding carboxylic acids is 1. The fourth-order valence-corrected chi connectivity index (χ4v) is 2.62. The third-order valence-corrected chi connectivity index (χ3v) is 3.55. The van der Waals surface area contributed by atoms with Crippen molar-refractivity contribution in [1.82, 2.24) is 0 Å². The quantitative estimate of drug-likeness (QED) is 0.892. The molecule has 0 saturated carbocycles. The Bertz CT molecular complexity index is 700. The fourth-order valence-electron chi connectivity index (χ4n) is 2.62. The maximum Gasteiger partial charge on any atom is 0.244 e. The first-order valence-electron chi connectivity index (χ1n) is 6.78. The van der Waals surface area contributed by atoms with E-state index in [4.69, 9.17) is 5.73 Å². The zero-order chi connectivity index (χ0) is 15.0. The van der Waals surface area contributed by atoms with Gasteiger partial charge in [0.15, 0.2) is 0 Å². The summed E-state index contributed by atoms with van der Waals surface area (Å²) in [5.41, 5.74) is 8.44. The molecule has 21 heavy (non-hydrogen) atoms. The van der Waals surface area contributed by atoms with Crippen LogP contribution in [0.2, 0.25) is 0 Å². The predicted molar refractivity (Wildman–Crippen MR) is 81.1 cm³/mol. The number of hydrogen-bond acceptors (Lipinski definition) is 3. The van der Waals surface area contributed by atoms with Gasteiger partial charge in [0.25, 0.3) is 0 Å². The minimum absolute atomic E-state index is 0.0671. The molecule has 108 valence electrons. The van der Waals surface area contributed by atoms with E-state index in [-0.39, 0.29) is 24.3 Å². The number of amides is 1. The van der Waals surface area contributed by atoms with E-state index in [0.29, 0.717) is 16.9 Å². The Balaban J connectivity index is 2.20. The minimum atomic E-state index is -0.380. The molecule has 1 unspecified atom stereocenters. The number of anilines is 3. The lowest BCUT2D eigenvalue weighted by molar-refractivity contribution is -0.115. The highest BCUT2D eigenvalue weighted by Gasteiger charge is 2.27. The molecule has 2 aromatic rings. The Hall–Kier alpha value is -2.40. The fraction of sp³-hybridized carbons (Fsp3) is 0.188. The second kappa shape index (κ2) is 5.18. The molecule has 1 aliphatic heterocycles. The van der Waals surface area contributed by atoms with Crippen molar-refractivity contribution in [1.29, 1.82) is 0 Å². The predicted octanol–water partition coefficient (Wildman–Crippen LogP) is 2.94. The maximum atomic E-state index is 14.4. The molecule has 0 bridgehead atoms. The monoisotopic (exact) mass is 285 g/mol. The largest absolute Gasteiger partial charge is 0.328 e. The van der Waals surface area contributed by atoms with Crippen LogP contribution in [0, 0.1) is 5.82 Å². The number of para-hydroxylation sites is 3. The first-order chi connectivity index (χ1) is 10.1. The van der Waals surface area contributed by atoms with Crippen LogP contribution in [0.3, 0.4) is 0 Å². The van der Waals surface area contributed by atoms with Gasteiger partial charge in [-0.2, -0.15) is 0 Å². The van der Waals surface area contributed by atoms with Crippen LogP contribution < -0.4 is 16.0 Å². The summed E-state index contributed by atoms with van der Waals surface area (Å²) in [5.74, 6) is -0.554. The van der Waals surface area contributed by atoms with Gasteiger partial charge in [0.2, 0.25) is 5.91 Å². The van der Waals surface area contributed by atoms with Crippen LogP contribution in [0.4, 0.5) is 21.5 Å². The van der Waals surface area contributed by atoms with Crippen molar-refractivity contribution in [3.8, 4) is 0 Å². The smallest absolute Gasteiger partial charge is 0.244 e. The van der Waals surface area contributed by atoms with Crippen molar-refractivity contribution in [2.75, 3.05) is 16.8 Å². The van der Waals surface area contributed by atoms with E-state index in [1.165, 1.54) is 6.07 Å². The second-order valence-electron chi connectivity index (χ2n) is 5.12. The molecule has 3 N–H and O–H groups in total. The Morgan fingerprint density at radius 1 is 1.24 bits per heavy atom. The van der Waals surface area contributed by atoms with Gasteiger partial charge in [0, 0.05) is 6.04 Å². The summed E-state index contributed by atoms with van der Waals surface area (Å²) in [6, 6.07) is 11.8. The van der Waals surface area contributed by atoms with Gasteiger partial charge in [-0.1, -0.05) is 24.3 Å². The summed E-state index contributed by atoms with van der Waals surface area (Å²) in [7, 11) is 0. The molecule has 1 heterocycles. The second-order valence-corrected chi connectivity index (χ2v) is 5.12. The Kier molecular flexibility index (Phi) is 3.35. The maximum absolute atomic E-state index is 14.4. The average Bonchev–Trinajstić information content (AvgIpc) is 2.46. The average molecular weight is 285 g/mol. The van der Waals surface area contributed by atoms with E-state index in [2.05, 4.69) is 5.32 Å².